The van der Waals surface area contributed by atoms with Crippen molar-refractivity contribution in [3.05, 3.63) is 23.8 Å². The molecule has 1 N–H and O–H groups in total. The smallest absolute Gasteiger partial charge is 0.354 e. The van der Waals surface area contributed by atoms with E-state index in [-0.39, 0.29) is 17.1 Å². The molecule has 1 saturated heterocycles. The van der Waals surface area contributed by atoms with Crippen molar-refractivity contribution in [3.8, 4) is 11.5 Å². The number of Topliss-reactive ketones (excluding diaryl/α,β-unsaturated/α-hetero) is 1. The monoisotopic (exact) mass is 284 g/mol. The van der Waals surface area contributed by atoms with Crippen LogP contribution in [0.4, 0.5) is 4.39 Å². The molecule has 0 aromatic heterocycles. The molecule has 6 nitrogen and oxygen atoms in total. The molecule has 0 radical (unpaired) electrons. The summed E-state index contributed by atoms with van der Waals surface area (Å²) in [6.45, 7) is 3.11. The minimum absolute atomic E-state index is 0.0325. The van der Waals surface area contributed by atoms with Gasteiger partial charge in [-0.3, -0.25) is 4.79 Å². The van der Waals surface area contributed by atoms with Gasteiger partial charge in [0.1, 0.15) is 11.5 Å². The van der Waals surface area contributed by atoms with Crippen molar-refractivity contribution in [1.29, 1.82) is 0 Å². The van der Waals surface area contributed by atoms with Crippen LogP contribution in [0.5, 0.6) is 11.5 Å². The lowest BCUT2D eigenvalue weighted by Crippen LogP contribution is -2.34. The lowest BCUT2D eigenvalue weighted by molar-refractivity contribution is -0.138. The number of esters is 1. The highest BCUT2D eigenvalue weighted by Crippen LogP contribution is 2.29. The summed E-state index contributed by atoms with van der Waals surface area (Å²) in [5, 5.41) is 9.03. The minimum atomic E-state index is -2.26. The van der Waals surface area contributed by atoms with E-state index in [0.717, 1.165) is 32.5 Å². The highest BCUT2D eigenvalue weighted by molar-refractivity contribution is 6.15. The van der Waals surface area contributed by atoms with Crippen LogP contribution in [0.15, 0.2) is 18.2 Å². The number of ketones is 1. The number of hydrogen-bond donors (Lipinski definition) is 1. The Labute approximate surface area is 114 Å². The van der Waals surface area contributed by atoms with Crippen molar-refractivity contribution in [2.45, 2.75) is 6.17 Å². The van der Waals surface area contributed by atoms with Crippen molar-refractivity contribution in [3.63, 3.8) is 0 Å². The van der Waals surface area contributed by atoms with Gasteiger partial charge in [-0.25, -0.2) is 9.18 Å². The average molecular weight is 284 g/mol. The van der Waals surface area contributed by atoms with Gasteiger partial charge in [-0.1, -0.05) is 0 Å². The number of benzene rings is 1. The molecule has 1 aromatic carbocycles. The summed E-state index contributed by atoms with van der Waals surface area (Å²) >= 11 is 0. The number of fused-ring (bicyclic) bond motifs is 1. The number of carbonyl (C=O) groups is 2. The molecule has 1 fully saturated rings. The number of aromatic hydroxyl groups is 1. The molecular weight excluding hydrogens is 271 g/mol. The average Bonchev–Trinajstić information content (AvgIpc) is 2.47. The van der Waals surface area contributed by atoms with Crippen molar-refractivity contribution in [2.75, 3.05) is 26.4 Å². The highest BCUT2D eigenvalue weighted by atomic mass is 19.1. The van der Waals surface area contributed by atoms with Crippen LogP contribution in [-0.4, -0.2) is 49.5 Å². The van der Waals surface area contributed by atoms with Crippen molar-refractivity contribution >= 4 is 11.8 Å². The maximum absolute atomic E-state index is 12.9. The Kier molecular flexibility index (Phi) is 4.65. The van der Waals surface area contributed by atoms with E-state index in [1.165, 1.54) is 12.1 Å². The second kappa shape index (κ2) is 6.44. The first-order chi connectivity index (χ1) is 9.59. The van der Waals surface area contributed by atoms with Crippen LogP contribution >= 0.6 is 0 Å². The van der Waals surface area contributed by atoms with Crippen LogP contribution in [0.3, 0.4) is 0 Å². The van der Waals surface area contributed by atoms with Gasteiger partial charge < -0.3 is 19.3 Å². The molecule has 0 amide bonds. The van der Waals surface area contributed by atoms with Crippen molar-refractivity contribution in [1.82, 2.24) is 0 Å². The molecule has 1 atom stereocenters. The maximum Gasteiger partial charge on any atom is 0.354 e. The molecule has 0 bridgehead atoms. The van der Waals surface area contributed by atoms with E-state index < -0.39 is 17.9 Å². The minimum Gasteiger partial charge on any atom is -0.508 e. The van der Waals surface area contributed by atoms with Crippen LogP contribution in [-0.2, 0) is 14.3 Å². The number of ether oxygens (including phenoxy) is 3. The molecule has 3 rings (SSSR count). The number of rotatable bonds is 0. The van der Waals surface area contributed by atoms with Crippen LogP contribution in [0.2, 0.25) is 0 Å². The molecule has 7 heteroatoms. The van der Waals surface area contributed by atoms with Crippen LogP contribution < -0.4 is 4.74 Å². The van der Waals surface area contributed by atoms with Gasteiger partial charge in [-0.15, -0.1) is 0 Å². The molecule has 2 aliphatic rings. The zero-order chi connectivity index (χ0) is 14.5. The summed E-state index contributed by atoms with van der Waals surface area (Å²) in [6, 6.07) is 3.53. The van der Waals surface area contributed by atoms with Gasteiger partial charge in [0, 0.05) is 6.07 Å². The number of phenolic OH excluding ortho intramolecular Hbond substituents is 1. The Morgan fingerprint density at radius 3 is 2.25 bits per heavy atom. The molecule has 20 heavy (non-hydrogen) atoms. The Bertz CT molecular complexity index is 500. The summed E-state index contributed by atoms with van der Waals surface area (Å²) in [5.41, 5.74) is -0.0325. The molecule has 0 saturated carbocycles. The van der Waals surface area contributed by atoms with Gasteiger partial charge in [-0.05, 0) is 12.1 Å². The van der Waals surface area contributed by atoms with Gasteiger partial charge in [-0.2, -0.15) is 0 Å². The summed E-state index contributed by atoms with van der Waals surface area (Å²) in [7, 11) is 0. The van der Waals surface area contributed by atoms with E-state index in [4.69, 9.17) is 14.6 Å². The van der Waals surface area contributed by atoms with Gasteiger partial charge in [0.2, 0.25) is 5.78 Å². The molecule has 0 aliphatic carbocycles. The lowest BCUT2D eigenvalue weighted by atomic mass is 10.0. The number of halogens is 1. The van der Waals surface area contributed by atoms with Gasteiger partial charge in [0.15, 0.2) is 0 Å². The predicted octanol–water partition coefficient (Wildman–Crippen LogP) is 0.865. The molecule has 108 valence electrons. The summed E-state index contributed by atoms with van der Waals surface area (Å²) in [4.78, 5) is 22.0. The van der Waals surface area contributed by atoms with E-state index in [2.05, 4.69) is 4.74 Å². The molecule has 0 spiro atoms. The number of carbonyl (C=O) groups excluding carboxylic acids is 2. The third-order valence-electron chi connectivity index (χ3n) is 2.62. The Balaban J connectivity index is 0.000000205. The van der Waals surface area contributed by atoms with E-state index in [1.807, 2.05) is 0 Å². The molecule has 1 aromatic rings. The predicted molar refractivity (Wildman–Crippen MR) is 64.6 cm³/mol. The summed E-state index contributed by atoms with van der Waals surface area (Å²) in [6.07, 6.45) is -2.26. The molecule has 2 aliphatic heterocycles. The maximum atomic E-state index is 12.9. The fourth-order valence-electron chi connectivity index (χ4n) is 1.64. The van der Waals surface area contributed by atoms with E-state index in [0.29, 0.717) is 0 Å². The van der Waals surface area contributed by atoms with Gasteiger partial charge in [0.25, 0.3) is 6.17 Å². The standard InChI is InChI=1S/C9H5FO4.C4H8O2/c10-7-8(12)5-2-1-4(11)3-6(5)14-9(7)13;1-2-6-4-3-5-1/h1-3,7,11H;1-4H2. The zero-order valence-corrected chi connectivity index (χ0v) is 10.5. The van der Waals surface area contributed by atoms with Crippen LogP contribution in [0, 0.1) is 0 Å². The highest BCUT2D eigenvalue weighted by Gasteiger charge is 2.36. The van der Waals surface area contributed by atoms with E-state index >= 15 is 0 Å². The normalized spacial score (nSPS) is 21.4. The van der Waals surface area contributed by atoms with Crippen molar-refractivity contribution in [2.24, 2.45) is 0 Å². The van der Waals surface area contributed by atoms with Crippen molar-refractivity contribution < 1.29 is 33.3 Å². The van der Waals surface area contributed by atoms with E-state index in [9.17, 15) is 14.0 Å². The van der Waals surface area contributed by atoms with Gasteiger partial charge in [0.05, 0.1) is 32.0 Å². The molecular formula is C13H13FO6. The number of alkyl halides is 1. The summed E-state index contributed by atoms with van der Waals surface area (Å²) < 4.78 is 27.3. The van der Waals surface area contributed by atoms with Crippen LogP contribution in [0.25, 0.3) is 0 Å². The Morgan fingerprint density at radius 2 is 1.70 bits per heavy atom. The first kappa shape index (κ1) is 14.4. The molecule has 1 unspecified atom stereocenters. The topological polar surface area (TPSA) is 82.1 Å². The zero-order valence-electron chi connectivity index (χ0n) is 10.5. The second-order valence-electron chi connectivity index (χ2n) is 4.05. The SMILES string of the molecule is C1COCCO1.O=C1Oc2cc(O)ccc2C(=O)C1F. The second-order valence-corrected chi connectivity index (χ2v) is 4.05. The molecule has 2 heterocycles. The largest absolute Gasteiger partial charge is 0.508 e. The quantitative estimate of drug-likeness (QED) is 0.432. The number of phenols is 1. The fourth-order valence-corrected chi connectivity index (χ4v) is 1.64. The van der Waals surface area contributed by atoms with E-state index in [1.54, 1.807) is 0 Å². The Morgan fingerprint density at radius 1 is 1.10 bits per heavy atom. The Hall–Kier alpha value is -1.99. The third kappa shape index (κ3) is 3.31. The van der Waals surface area contributed by atoms with Crippen LogP contribution in [0.1, 0.15) is 10.4 Å². The number of hydrogen-bond acceptors (Lipinski definition) is 6. The lowest BCUT2D eigenvalue weighted by Gasteiger charge is -2.16. The third-order valence-corrected chi connectivity index (χ3v) is 2.62. The first-order valence-electron chi connectivity index (χ1n) is 5.98. The summed E-state index contributed by atoms with van der Waals surface area (Å²) in [5.74, 6) is -2.43. The van der Waals surface area contributed by atoms with Gasteiger partial charge >= 0.3 is 5.97 Å². The fraction of sp³-hybridized carbons (Fsp3) is 0.385. The first-order valence-corrected chi connectivity index (χ1v) is 5.98.